The van der Waals surface area contributed by atoms with Crippen molar-refractivity contribution < 1.29 is 14.6 Å². The first-order valence-electron chi connectivity index (χ1n) is 6.97. The summed E-state index contributed by atoms with van der Waals surface area (Å²) in [6, 6.07) is 5.25. The summed E-state index contributed by atoms with van der Waals surface area (Å²) in [6.45, 7) is 5.45. The fourth-order valence-corrected chi connectivity index (χ4v) is 3.49. The van der Waals surface area contributed by atoms with E-state index in [1.54, 1.807) is 12.1 Å². The minimum atomic E-state index is -0.814. The second-order valence-electron chi connectivity index (χ2n) is 5.22. The maximum atomic E-state index is 11.4. The minimum absolute atomic E-state index is 0.00619. The molecule has 0 aliphatic carbocycles. The lowest BCUT2D eigenvalue weighted by molar-refractivity contribution is -0.143. The molecule has 1 aromatic carbocycles. The number of hydrogen-bond donors (Lipinski definition) is 1. The minimum Gasteiger partial charge on any atom is -0.481 e. The Balaban J connectivity index is 2.26. The first-order chi connectivity index (χ1) is 9.95. The first-order valence-corrected chi connectivity index (χ1v) is 7.72. The zero-order valence-electron chi connectivity index (χ0n) is 12.1. The summed E-state index contributed by atoms with van der Waals surface area (Å²) in [4.78, 5) is 13.5. The van der Waals surface area contributed by atoms with Gasteiger partial charge < -0.3 is 9.84 Å². The van der Waals surface area contributed by atoms with Crippen LogP contribution in [0, 0.1) is 5.92 Å². The van der Waals surface area contributed by atoms with Crippen molar-refractivity contribution in [3.05, 3.63) is 33.8 Å². The number of benzene rings is 1. The standard InChI is InChI=1S/C15H19Cl2NO3/c1-3-18(14-8-21-7-12(14)15(19)20)9(2)11-5-4-10(16)6-13(11)17/h4-6,9,12,14H,3,7-8H2,1-2H3,(H,19,20). The molecule has 1 aliphatic heterocycles. The normalized spacial score (nSPS) is 23.5. The van der Waals surface area contributed by atoms with Crippen LogP contribution in [-0.4, -0.2) is 41.8 Å². The quantitative estimate of drug-likeness (QED) is 0.897. The molecule has 4 nitrogen and oxygen atoms in total. The number of halogens is 2. The maximum Gasteiger partial charge on any atom is 0.310 e. The summed E-state index contributed by atoms with van der Waals surface area (Å²) in [5.41, 5.74) is 0.943. The van der Waals surface area contributed by atoms with Crippen LogP contribution < -0.4 is 0 Å². The van der Waals surface area contributed by atoms with Crippen molar-refractivity contribution in [2.75, 3.05) is 19.8 Å². The van der Waals surface area contributed by atoms with Gasteiger partial charge in [0, 0.05) is 22.1 Å². The molecule has 1 aromatic rings. The van der Waals surface area contributed by atoms with E-state index in [0.29, 0.717) is 16.7 Å². The highest BCUT2D eigenvalue weighted by Gasteiger charge is 2.39. The maximum absolute atomic E-state index is 11.4. The predicted octanol–water partition coefficient (Wildman–Crippen LogP) is 3.48. The van der Waals surface area contributed by atoms with Crippen LogP contribution in [0.15, 0.2) is 18.2 Å². The molecule has 0 aromatic heterocycles. The second-order valence-corrected chi connectivity index (χ2v) is 6.07. The Bertz CT molecular complexity index is 524. The molecule has 3 atom stereocenters. The molecule has 1 aliphatic rings. The van der Waals surface area contributed by atoms with Crippen molar-refractivity contribution in [2.24, 2.45) is 5.92 Å². The molecule has 116 valence electrons. The Morgan fingerprint density at radius 1 is 1.48 bits per heavy atom. The van der Waals surface area contributed by atoms with Crippen molar-refractivity contribution in [1.29, 1.82) is 0 Å². The summed E-state index contributed by atoms with van der Waals surface area (Å²) in [7, 11) is 0. The third-order valence-electron chi connectivity index (χ3n) is 4.07. The van der Waals surface area contributed by atoms with E-state index in [9.17, 15) is 9.90 Å². The number of carboxylic acids is 1. The van der Waals surface area contributed by atoms with Crippen LogP contribution in [0.4, 0.5) is 0 Å². The van der Waals surface area contributed by atoms with Crippen molar-refractivity contribution in [1.82, 2.24) is 4.90 Å². The summed E-state index contributed by atoms with van der Waals surface area (Å²) < 4.78 is 5.37. The van der Waals surface area contributed by atoms with Crippen molar-refractivity contribution in [3.63, 3.8) is 0 Å². The Kier molecular flexibility index (Phi) is 5.49. The molecular weight excluding hydrogens is 313 g/mol. The van der Waals surface area contributed by atoms with E-state index in [-0.39, 0.29) is 18.7 Å². The van der Waals surface area contributed by atoms with Gasteiger partial charge in [-0.1, -0.05) is 36.2 Å². The number of nitrogens with zero attached hydrogens (tertiary/aromatic N) is 1. The van der Waals surface area contributed by atoms with Gasteiger partial charge in [-0.3, -0.25) is 9.69 Å². The number of rotatable bonds is 5. The molecule has 2 rings (SSSR count). The topological polar surface area (TPSA) is 49.8 Å². The fraction of sp³-hybridized carbons (Fsp3) is 0.533. The highest BCUT2D eigenvalue weighted by molar-refractivity contribution is 6.35. The van der Waals surface area contributed by atoms with E-state index < -0.39 is 11.9 Å². The Morgan fingerprint density at radius 3 is 2.76 bits per heavy atom. The lowest BCUT2D eigenvalue weighted by Gasteiger charge is -2.35. The molecule has 0 spiro atoms. The Morgan fingerprint density at radius 2 is 2.19 bits per heavy atom. The summed E-state index contributed by atoms with van der Waals surface area (Å²) in [5.74, 6) is -1.32. The van der Waals surface area contributed by atoms with E-state index in [1.807, 2.05) is 19.9 Å². The lowest BCUT2D eigenvalue weighted by Crippen LogP contribution is -2.44. The Labute approximate surface area is 134 Å². The smallest absolute Gasteiger partial charge is 0.310 e. The Hall–Kier alpha value is -0.810. The molecular formula is C15H19Cl2NO3. The van der Waals surface area contributed by atoms with Gasteiger partial charge in [-0.05, 0) is 31.2 Å². The van der Waals surface area contributed by atoms with E-state index in [0.717, 1.165) is 12.1 Å². The fourth-order valence-electron chi connectivity index (χ4n) is 2.92. The van der Waals surface area contributed by atoms with Crippen LogP contribution in [0.25, 0.3) is 0 Å². The van der Waals surface area contributed by atoms with Gasteiger partial charge in [0.1, 0.15) is 0 Å². The van der Waals surface area contributed by atoms with Crippen LogP contribution in [0.3, 0.4) is 0 Å². The van der Waals surface area contributed by atoms with Gasteiger partial charge in [-0.25, -0.2) is 0 Å². The summed E-state index contributed by atoms with van der Waals surface area (Å²) in [6.07, 6.45) is 0. The molecule has 1 N–H and O–H groups in total. The van der Waals surface area contributed by atoms with E-state index >= 15 is 0 Å². The van der Waals surface area contributed by atoms with Crippen molar-refractivity contribution in [2.45, 2.75) is 25.9 Å². The van der Waals surface area contributed by atoms with Gasteiger partial charge in [0.05, 0.1) is 19.1 Å². The molecule has 6 heteroatoms. The van der Waals surface area contributed by atoms with Crippen LogP contribution in [0.5, 0.6) is 0 Å². The van der Waals surface area contributed by atoms with Gasteiger partial charge >= 0.3 is 5.97 Å². The molecule has 1 saturated heterocycles. The third kappa shape index (κ3) is 3.51. The molecule has 0 bridgehead atoms. The van der Waals surface area contributed by atoms with E-state index in [4.69, 9.17) is 27.9 Å². The second kappa shape index (κ2) is 6.97. The number of ether oxygens (including phenoxy) is 1. The number of hydrogen-bond acceptors (Lipinski definition) is 3. The lowest BCUT2D eigenvalue weighted by atomic mass is 9.98. The largest absolute Gasteiger partial charge is 0.481 e. The highest BCUT2D eigenvalue weighted by atomic mass is 35.5. The SMILES string of the molecule is CCN(C(C)c1ccc(Cl)cc1Cl)C1COCC1C(=O)O. The van der Waals surface area contributed by atoms with Gasteiger partial charge in [-0.15, -0.1) is 0 Å². The van der Waals surface area contributed by atoms with Crippen LogP contribution in [0.2, 0.25) is 10.0 Å². The highest BCUT2D eigenvalue weighted by Crippen LogP contribution is 2.33. The zero-order chi connectivity index (χ0) is 15.6. The first kappa shape index (κ1) is 16.6. The summed E-state index contributed by atoms with van der Waals surface area (Å²) in [5, 5.41) is 10.5. The molecule has 21 heavy (non-hydrogen) atoms. The van der Waals surface area contributed by atoms with Crippen molar-refractivity contribution in [3.8, 4) is 0 Å². The van der Waals surface area contributed by atoms with Crippen LogP contribution >= 0.6 is 23.2 Å². The average molecular weight is 332 g/mol. The number of carboxylic acid groups (broad SMARTS) is 1. The van der Waals surface area contributed by atoms with Gasteiger partial charge in [0.15, 0.2) is 0 Å². The van der Waals surface area contributed by atoms with E-state index in [1.165, 1.54) is 0 Å². The molecule has 0 saturated carbocycles. The number of carbonyl (C=O) groups is 1. The third-order valence-corrected chi connectivity index (χ3v) is 4.63. The molecule has 1 fully saturated rings. The molecule has 0 amide bonds. The molecule has 3 unspecified atom stereocenters. The number of aliphatic carboxylic acids is 1. The number of likely N-dealkylation sites (N-methyl/N-ethyl adjacent to an activating group) is 1. The van der Waals surface area contributed by atoms with Crippen molar-refractivity contribution >= 4 is 29.2 Å². The monoisotopic (exact) mass is 331 g/mol. The van der Waals surface area contributed by atoms with Crippen LogP contribution in [-0.2, 0) is 9.53 Å². The summed E-state index contributed by atoms with van der Waals surface area (Å²) >= 11 is 12.2. The predicted molar refractivity (Wildman–Crippen MR) is 83.0 cm³/mol. The zero-order valence-corrected chi connectivity index (χ0v) is 13.6. The molecule has 0 radical (unpaired) electrons. The van der Waals surface area contributed by atoms with E-state index in [2.05, 4.69) is 4.90 Å². The average Bonchev–Trinajstić information content (AvgIpc) is 2.88. The molecule has 1 heterocycles. The van der Waals surface area contributed by atoms with Gasteiger partial charge in [0.2, 0.25) is 0 Å². The van der Waals surface area contributed by atoms with Gasteiger partial charge in [0.25, 0.3) is 0 Å². The van der Waals surface area contributed by atoms with Gasteiger partial charge in [-0.2, -0.15) is 0 Å². The van der Waals surface area contributed by atoms with Crippen LogP contribution in [0.1, 0.15) is 25.5 Å².